The van der Waals surface area contributed by atoms with Crippen molar-refractivity contribution in [2.24, 2.45) is 23.2 Å². The van der Waals surface area contributed by atoms with E-state index in [0.717, 1.165) is 38.5 Å². The number of nitriles is 1. The Morgan fingerprint density at radius 3 is 2.33 bits per heavy atom. The van der Waals surface area contributed by atoms with E-state index in [2.05, 4.69) is 26.8 Å². The summed E-state index contributed by atoms with van der Waals surface area (Å²) in [6, 6.07) is 2.54. The number of hydrogen-bond donors (Lipinski definition) is 1. The van der Waals surface area contributed by atoms with Crippen LogP contribution in [0.3, 0.4) is 0 Å². The standard InChI is InChI=1S/C16H27NO/c1-12-5-4-7-15(9-12,11-17)16(18)8-6-13(2)14(3)10-16/h12-14,18H,4-10H2,1-3H3. The molecule has 2 aliphatic carbocycles. The van der Waals surface area contributed by atoms with E-state index in [-0.39, 0.29) is 0 Å². The van der Waals surface area contributed by atoms with Gasteiger partial charge in [0.2, 0.25) is 0 Å². The Bertz CT molecular complexity index is 347. The average molecular weight is 249 g/mol. The van der Waals surface area contributed by atoms with Gasteiger partial charge in [-0.1, -0.05) is 33.6 Å². The summed E-state index contributed by atoms with van der Waals surface area (Å²) in [6.07, 6.45) is 6.79. The predicted octanol–water partition coefficient (Wildman–Crippen LogP) is 3.89. The highest BCUT2D eigenvalue weighted by atomic mass is 16.3. The largest absolute Gasteiger partial charge is 0.388 e. The molecule has 0 aromatic heterocycles. The lowest BCUT2D eigenvalue weighted by molar-refractivity contribution is -0.123. The Balaban J connectivity index is 2.24. The zero-order valence-corrected chi connectivity index (χ0v) is 12.1. The van der Waals surface area contributed by atoms with Gasteiger partial charge in [0, 0.05) is 0 Å². The van der Waals surface area contributed by atoms with E-state index in [1.165, 1.54) is 6.42 Å². The smallest absolute Gasteiger partial charge is 0.0862 e. The highest BCUT2D eigenvalue weighted by molar-refractivity contribution is 5.14. The van der Waals surface area contributed by atoms with Crippen LogP contribution in [0, 0.1) is 34.5 Å². The van der Waals surface area contributed by atoms with Gasteiger partial charge in [-0.3, -0.25) is 0 Å². The van der Waals surface area contributed by atoms with Crippen molar-refractivity contribution in [2.45, 2.75) is 71.3 Å². The summed E-state index contributed by atoms with van der Waals surface area (Å²) in [5.74, 6) is 1.80. The summed E-state index contributed by atoms with van der Waals surface area (Å²) in [7, 11) is 0. The number of hydrogen-bond acceptors (Lipinski definition) is 2. The molecule has 0 amide bonds. The molecule has 2 nitrogen and oxygen atoms in total. The third-order valence-corrected chi connectivity index (χ3v) is 5.75. The second-order valence-corrected chi connectivity index (χ2v) is 7.12. The molecule has 0 heterocycles. The number of rotatable bonds is 1. The van der Waals surface area contributed by atoms with Gasteiger partial charge in [0.05, 0.1) is 17.1 Å². The van der Waals surface area contributed by atoms with Crippen molar-refractivity contribution < 1.29 is 5.11 Å². The molecule has 0 radical (unpaired) electrons. The topological polar surface area (TPSA) is 44.0 Å². The fourth-order valence-electron chi connectivity index (χ4n) is 4.20. The van der Waals surface area contributed by atoms with Crippen LogP contribution in [0.5, 0.6) is 0 Å². The predicted molar refractivity (Wildman–Crippen MR) is 72.8 cm³/mol. The van der Waals surface area contributed by atoms with Gasteiger partial charge in [-0.2, -0.15) is 5.26 Å². The molecule has 0 aromatic rings. The summed E-state index contributed by atoms with van der Waals surface area (Å²) in [4.78, 5) is 0. The lowest BCUT2D eigenvalue weighted by Gasteiger charge is -2.51. The van der Waals surface area contributed by atoms with Crippen LogP contribution < -0.4 is 0 Å². The van der Waals surface area contributed by atoms with Gasteiger partial charge in [0.15, 0.2) is 0 Å². The third kappa shape index (κ3) is 2.18. The SMILES string of the molecule is CC1CCCC(C#N)(C2(O)CCC(C)C(C)C2)C1. The van der Waals surface area contributed by atoms with Gasteiger partial charge in [-0.05, 0) is 49.9 Å². The Kier molecular flexibility index (Phi) is 3.74. The number of aliphatic hydroxyl groups is 1. The molecule has 5 unspecified atom stereocenters. The van der Waals surface area contributed by atoms with Crippen molar-refractivity contribution in [3.63, 3.8) is 0 Å². The minimum Gasteiger partial charge on any atom is -0.388 e. The summed E-state index contributed by atoms with van der Waals surface area (Å²) >= 11 is 0. The first-order valence-electron chi connectivity index (χ1n) is 7.56. The molecule has 5 atom stereocenters. The Labute approximate surface area is 111 Å². The molecule has 0 saturated heterocycles. The van der Waals surface area contributed by atoms with Gasteiger partial charge in [0.1, 0.15) is 0 Å². The molecule has 2 fully saturated rings. The second kappa shape index (κ2) is 4.85. The fraction of sp³-hybridized carbons (Fsp3) is 0.938. The minimum absolute atomic E-state index is 0.473. The molecule has 18 heavy (non-hydrogen) atoms. The molecular formula is C16H27NO. The normalized spacial score (nSPS) is 49.6. The molecule has 2 heteroatoms. The zero-order valence-electron chi connectivity index (χ0n) is 12.1. The molecule has 2 rings (SSSR count). The summed E-state index contributed by atoms with van der Waals surface area (Å²) in [5.41, 5.74) is -1.21. The van der Waals surface area contributed by atoms with Crippen LogP contribution in [0.4, 0.5) is 0 Å². The van der Waals surface area contributed by atoms with E-state index in [1.54, 1.807) is 0 Å². The van der Waals surface area contributed by atoms with E-state index in [0.29, 0.717) is 17.8 Å². The Hall–Kier alpha value is -0.550. The first-order valence-corrected chi connectivity index (χ1v) is 7.56. The van der Waals surface area contributed by atoms with Gasteiger partial charge >= 0.3 is 0 Å². The molecule has 0 aromatic carbocycles. The van der Waals surface area contributed by atoms with Crippen LogP contribution in [0.15, 0.2) is 0 Å². The lowest BCUT2D eigenvalue weighted by atomic mass is 9.55. The van der Waals surface area contributed by atoms with Crippen LogP contribution in [0.1, 0.15) is 65.7 Å². The molecular weight excluding hydrogens is 222 g/mol. The quantitative estimate of drug-likeness (QED) is 0.766. The van der Waals surface area contributed by atoms with Crippen molar-refractivity contribution >= 4 is 0 Å². The Morgan fingerprint density at radius 1 is 1.06 bits per heavy atom. The molecule has 1 N–H and O–H groups in total. The van der Waals surface area contributed by atoms with Crippen molar-refractivity contribution in [1.29, 1.82) is 5.26 Å². The van der Waals surface area contributed by atoms with Gasteiger partial charge in [-0.15, -0.1) is 0 Å². The maximum atomic E-state index is 11.1. The van der Waals surface area contributed by atoms with Gasteiger partial charge < -0.3 is 5.11 Å². The van der Waals surface area contributed by atoms with Crippen molar-refractivity contribution in [3.8, 4) is 6.07 Å². The molecule has 2 saturated carbocycles. The van der Waals surface area contributed by atoms with Crippen molar-refractivity contribution in [1.82, 2.24) is 0 Å². The van der Waals surface area contributed by atoms with E-state index >= 15 is 0 Å². The highest BCUT2D eigenvalue weighted by Gasteiger charge is 2.54. The molecule has 2 aliphatic rings. The average Bonchev–Trinajstić information content (AvgIpc) is 2.34. The monoisotopic (exact) mass is 249 g/mol. The number of nitrogens with zero attached hydrogens (tertiary/aromatic N) is 1. The third-order valence-electron chi connectivity index (χ3n) is 5.75. The van der Waals surface area contributed by atoms with E-state index < -0.39 is 11.0 Å². The second-order valence-electron chi connectivity index (χ2n) is 7.12. The highest BCUT2D eigenvalue weighted by Crippen LogP contribution is 2.53. The van der Waals surface area contributed by atoms with E-state index in [1.807, 2.05) is 0 Å². The molecule has 0 bridgehead atoms. The molecule has 102 valence electrons. The van der Waals surface area contributed by atoms with Crippen molar-refractivity contribution in [2.75, 3.05) is 0 Å². The minimum atomic E-state index is -0.734. The maximum absolute atomic E-state index is 11.1. The van der Waals surface area contributed by atoms with E-state index in [4.69, 9.17) is 0 Å². The molecule has 0 aliphatic heterocycles. The lowest BCUT2D eigenvalue weighted by Crippen LogP contribution is -2.53. The van der Waals surface area contributed by atoms with Gasteiger partial charge in [-0.25, -0.2) is 0 Å². The first kappa shape index (κ1) is 13.9. The summed E-state index contributed by atoms with van der Waals surface area (Å²) in [6.45, 7) is 6.72. The summed E-state index contributed by atoms with van der Waals surface area (Å²) in [5, 5.41) is 20.8. The Morgan fingerprint density at radius 2 is 1.78 bits per heavy atom. The first-order chi connectivity index (χ1) is 8.42. The van der Waals surface area contributed by atoms with Crippen LogP contribution in [0.25, 0.3) is 0 Å². The van der Waals surface area contributed by atoms with Crippen LogP contribution in [-0.4, -0.2) is 10.7 Å². The zero-order chi connectivity index (χ0) is 13.4. The maximum Gasteiger partial charge on any atom is 0.0862 e. The fourth-order valence-corrected chi connectivity index (χ4v) is 4.20. The van der Waals surface area contributed by atoms with E-state index in [9.17, 15) is 10.4 Å². The van der Waals surface area contributed by atoms with Crippen LogP contribution >= 0.6 is 0 Å². The molecule has 0 spiro atoms. The van der Waals surface area contributed by atoms with Crippen molar-refractivity contribution in [3.05, 3.63) is 0 Å². The van der Waals surface area contributed by atoms with Crippen LogP contribution in [-0.2, 0) is 0 Å². The summed E-state index contributed by atoms with van der Waals surface area (Å²) < 4.78 is 0. The van der Waals surface area contributed by atoms with Gasteiger partial charge in [0.25, 0.3) is 0 Å². The van der Waals surface area contributed by atoms with Crippen LogP contribution in [0.2, 0.25) is 0 Å².